The zero-order chi connectivity index (χ0) is 21.8. The second-order valence-corrected chi connectivity index (χ2v) is 8.80. The Kier molecular flexibility index (Phi) is 5.69. The van der Waals surface area contributed by atoms with E-state index in [4.69, 9.17) is 5.26 Å². The highest BCUT2D eigenvalue weighted by atomic mass is 15.3. The number of hydrogen-bond donors (Lipinski definition) is 1. The number of nitrogens with one attached hydrogen (secondary N) is 1. The number of allylic oxidation sites excluding steroid dienone is 2. The Hall–Kier alpha value is -3.51. The lowest BCUT2D eigenvalue weighted by Gasteiger charge is -2.46. The summed E-state index contributed by atoms with van der Waals surface area (Å²) in [5, 5.41) is 12.9. The molecule has 0 spiro atoms. The summed E-state index contributed by atoms with van der Waals surface area (Å²) in [6.45, 7) is 0.786. The van der Waals surface area contributed by atoms with Crippen molar-refractivity contribution in [2.24, 2.45) is 5.92 Å². The Morgan fingerprint density at radius 2 is 1.38 bits per heavy atom. The van der Waals surface area contributed by atoms with Crippen LogP contribution in [0.3, 0.4) is 0 Å². The molecule has 1 unspecified atom stereocenters. The minimum Gasteiger partial charge on any atom is -0.370 e. The standard InChI is InChI=1S/C29H29N3/c30-20-10-11-23-18-19-27-28(21-23)32(22-31-27)29(24-12-4-1-5-13-24,25-14-6-2-7-15-25)26-16-8-3-9-17-26/h1-9,12-17,23,31H,10-11,18-19,21-22H2. The van der Waals surface area contributed by atoms with Crippen molar-refractivity contribution in [3.05, 3.63) is 119 Å². The Morgan fingerprint density at radius 1 is 0.844 bits per heavy atom. The Bertz CT molecular complexity index is 1020. The van der Waals surface area contributed by atoms with Crippen LogP contribution in [0.2, 0.25) is 0 Å². The van der Waals surface area contributed by atoms with Crippen LogP contribution in [-0.2, 0) is 5.54 Å². The van der Waals surface area contributed by atoms with Crippen LogP contribution in [0.4, 0.5) is 0 Å². The molecule has 0 saturated carbocycles. The number of hydrogen-bond acceptors (Lipinski definition) is 3. The van der Waals surface area contributed by atoms with Gasteiger partial charge in [-0.15, -0.1) is 0 Å². The highest BCUT2D eigenvalue weighted by molar-refractivity contribution is 5.51. The van der Waals surface area contributed by atoms with E-state index in [1.807, 2.05) is 0 Å². The highest BCUT2D eigenvalue weighted by Gasteiger charge is 2.46. The van der Waals surface area contributed by atoms with Gasteiger partial charge in [0.15, 0.2) is 0 Å². The minimum atomic E-state index is -0.426. The van der Waals surface area contributed by atoms with Crippen LogP contribution < -0.4 is 5.32 Å². The van der Waals surface area contributed by atoms with E-state index in [0.717, 1.165) is 32.4 Å². The Labute approximate surface area is 191 Å². The summed E-state index contributed by atoms with van der Waals surface area (Å²) in [7, 11) is 0. The van der Waals surface area contributed by atoms with Gasteiger partial charge in [0.25, 0.3) is 0 Å². The van der Waals surface area contributed by atoms with Crippen LogP contribution in [0.5, 0.6) is 0 Å². The van der Waals surface area contributed by atoms with Crippen LogP contribution in [0.25, 0.3) is 0 Å². The topological polar surface area (TPSA) is 39.1 Å². The fraction of sp³-hybridized carbons (Fsp3) is 0.276. The summed E-state index contributed by atoms with van der Waals surface area (Å²) >= 11 is 0. The molecule has 5 rings (SSSR count). The third-order valence-electron chi connectivity index (χ3n) is 7.05. The van der Waals surface area contributed by atoms with Crippen LogP contribution in [-0.4, -0.2) is 11.6 Å². The summed E-state index contributed by atoms with van der Waals surface area (Å²) in [4.78, 5) is 2.60. The quantitative estimate of drug-likeness (QED) is 0.487. The molecule has 0 amide bonds. The zero-order valence-corrected chi connectivity index (χ0v) is 18.4. The zero-order valence-electron chi connectivity index (χ0n) is 18.4. The fourth-order valence-corrected chi connectivity index (χ4v) is 5.57. The average molecular weight is 420 g/mol. The van der Waals surface area contributed by atoms with Gasteiger partial charge in [-0.3, -0.25) is 0 Å². The summed E-state index contributed by atoms with van der Waals surface area (Å²) in [5.41, 5.74) is 6.18. The highest BCUT2D eigenvalue weighted by Crippen LogP contribution is 2.48. The van der Waals surface area contributed by atoms with Crippen molar-refractivity contribution in [3.63, 3.8) is 0 Å². The molecule has 1 aliphatic heterocycles. The second-order valence-electron chi connectivity index (χ2n) is 8.80. The maximum Gasteiger partial charge on any atom is 0.118 e. The third kappa shape index (κ3) is 3.46. The first-order chi connectivity index (χ1) is 15.8. The molecule has 3 heteroatoms. The van der Waals surface area contributed by atoms with Gasteiger partial charge >= 0.3 is 0 Å². The van der Waals surface area contributed by atoms with E-state index in [1.54, 1.807) is 0 Å². The molecule has 0 radical (unpaired) electrons. The molecule has 1 N–H and O–H groups in total. The van der Waals surface area contributed by atoms with E-state index in [2.05, 4.69) is 107 Å². The largest absolute Gasteiger partial charge is 0.370 e. The van der Waals surface area contributed by atoms with Gasteiger partial charge in [0.05, 0.1) is 12.7 Å². The van der Waals surface area contributed by atoms with Crippen LogP contribution in [0.15, 0.2) is 102 Å². The minimum absolute atomic E-state index is 0.426. The molecule has 1 aliphatic carbocycles. The molecule has 1 heterocycles. The fourth-order valence-electron chi connectivity index (χ4n) is 5.57. The van der Waals surface area contributed by atoms with Crippen molar-refractivity contribution < 1.29 is 0 Å². The molecule has 0 bridgehead atoms. The molecule has 0 fully saturated rings. The van der Waals surface area contributed by atoms with Gasteiger partial charge in [-0.1, -0.05) is 91.0 Å². The van der Waals surface area contributed by atoms with Crippen molar-refractivity contribution in [2.75, 3.05) is 6.67 Å². The molecule has 3 aromatic rings. The van der Waals surface area contributed by atoms with Crippen molar-refractivity contribution in [2.45, 2.75) is 37.6 Å². The molecule has 2 aliphatic rings. The predicted octanol–water partition coefficient (Wildman–Crippen LogP) is 6.16. The monoisotopic (exact) mass is 419 g/mol. The molecule has 0 aromatic heterocycles. The maximum absolute atomic E-state index is 9.13. The van der Waals surface area contributed by atoms with E-state index < -0.39 is 5.54 Å². The van der Waals surface area contributed by atoms with Crippen LogP contribution in [0.1, 0.15) is 48.8 Å². The smallest absolute Gasteiger partial charge is 0.118 e. The summed E-state index contributed by atoms with van der Waals surface area (Å²) in [6.07, 6.45) is 4.88. The normalized spacial score (nSPS) is 18.1. The number of rotatable bonds is 6. The summed E-state index contributed by atoms with van der Waals surface area (Å²) in [6, 6.07) is 35.0. The lowest BCUT2D eigenvalue weighted by Crippen LogP contribution is -2.48. The number of nitrogens with zero attached hydrogens (tertiary/aromatic N) is 2. The first-order valence-electron chi connectivity index (χ1n) is 11.6. The van der Waals surface area contributed by atoms with Gasteiger partial charge in [-0.25, -0.2) is 0 Å². The van der Waals surface area contributed by atoms with E-state index in [1.165, 1.54) is 28.1 Å². The van der Waals surface area contributed by atoms with Crippen molar-refractivity contribution in [3.8, 4) is 6.07 Å². The van der Waals surface area contributed by atoms with Gasteiger partial charge in [0.2, 0.25) is 0 Å². The van der Waals surface area contributed by atoms with Gasteiger partial charge in [-0.2, -0.15) is 5.26 Å². The molecular weight excluding hydrogens is 390 g/mol. The average Bonchev–Trinajstić information content (AvgIpc) is 3.29. The van der Waals surface area contributed by atoms with E-state index in [0.29, 0.717) is 12.3 Å². The van der Waals surface area contributed by atoms with Gasteiger partial charge in [0.1, 0.15) is 5.54 Å². The number of nitriles is 1. The van der Waals surface area contributed by atoms with Crippen molar-refractivity contribution >= 4 is 0 Å². The molecule has 0 saturated heterocycles. The lowest BCUT2D eigenvalue weighted by atomic mass is 9.74. The van der Waals surface area contributed by atoms with E-state index in [-0.39, 0.29) is 0 Å². The van der Waals surface area contributed by atoms with Gasteiger partial charge in [0, 0.05) is 17.8 Å². The van der Waals surface area contributed by atoms with E-state index >= 15 is 0 Å². The third-order valence-corrected chi connectivity index (χ3v) is 7.05. The second kappa shape index (κ2) is 8.93. The Balaban J connectivity index is 1.71. The summed E-state index contributed by atoms with van der Waals surface area (Å²) in [5.74, 6) is 0.566. The van der Waals surface area contributed by atoms with Crippen molar-refractivity contribution in [1.82, 2.24) is 10.2 Å². The predicted molar refractivity (Wildman–Crippen MR) is 128 cm³/mol. The molecule has 160 valence electrons. The SMILES string of the molecule is N#CCCC1CCC2=C(C1)N(C(c1ccccc1)(c1ccccc1)c1ccccc1)CN2. The maximum atomic E-state index is 9.13. The number of benzene rings is 3. The first-order valence-corrected chi connectivity index (χ1v) is 11.6. The Morgan fingerprint density at radius 3 is 1.88 bits per heavy atom. The van der Waals surface area contributed by atoms with E-state index in [9.17, 15) is 0 Å². The first kappa shape index (κ1) is 20.4. The molecule has 32 heavy (non-hydrogen) atoms. The van der Waals surface area contributed by atoms with Gasteiger partial charge < -0.3 is 10.2 Å². The molecule has 3 aromatic carbocycles. The summed E-state index contributed by atoms with van der Waals surface area (Å²) < 4.78 is 0. The van der Waals surface area contributed by atoms with Gasteiger partial charge in [-0.05, 0) is 48.3 Å². The lowest BCUT2D eigenvalue weighted by molar-refractivity contribution is 0.205. The van der Waals surface area contributed by atoms with Crippen LogP contribution in [0, 0.1) is 17.2 Å². The van der Waals surface area contributed by atoms with Crippen molar-refractivity contribution in [1.29, 1.82) is 5.26 Å². The van der Waals surface area contributed by atoms with Crippen LogP contribution >= 0.6 is 0 Å². The molecule has 1 atom stereocenters. The molecular formula is C29H29N3. The molecule has 3 nitrogen and oxygen atoms in total.